The molecule has 2 saturated heterocycles. The van der Waals surface area contributed by atoms with E-state index in [0.29, 0.717) is 5.78 Å². The van der Waals surface area contributed by atoms with Crippen molar-refractivity contribution in [1.82, 2.24) is 0 Å². The monoisotopic (exact) mass is 388 g/mol. The van der Waals surface area contributed by atoms with E-state index in [9.17, 15) is 4.79 Å². The molecule has 0 radical (unpaired) electrons. The first-order valence-corrected chi connectivity index (χ1v) is 8.94. The number of thioether (sulfide) groups is 1. The van der Waals surface area contributed by atoms with Gasteiger partial charge in [0.15, 0.2) is 5.78 Å². The highest BCUT2D eigenvalue weighted by molar-refractivity contribution is 14.1. The summed E-state index contributed by atoms with van der Waals surface area (Å²) in [6, 6.07) is 7.90. The van der Waals surface area contributed by atoms with Crippen molar-refractivity contribution in [2.24, 2.45) is 5.92 Å². The second-order valence-electron chi connectivity index (χ2n) is 5.37. The molecule has 19 heavy (non-hydrogen) atoms. The standard InChI is InChI=1S/C15H17IO2S/c16-13-4-2-1-3-12(13)14(17)11-5-7-18-15(9-11)6-8-19-10-15/h1-4,11H,5-10H2. The highest BCUT2D eigenvalue weighted by Gasteiger charge is 2.42. The van der Waals surface area contributed by atoms with Crippen LogP contribution in [0.3, 0.4) is 0 Å². The topological polar surface area (TPSA) is 26.3 Å². The van der Waals surface area contributed by atoms with Gasteiger partial charge in [0.05, 0.1) is 5.60 Å². The Morgan fingerprint density at radius 3 is 3.00 bits per heavy atom. The van der Waals surface area contributed by atoms with Crippen LogP contribution in [0.5, 0.6) is 0 Å². The number of ether oxygens (including phenoxy) is 1. The number of carbonyl (C=O) groups excluding carboxylic acids is 1. The molecule has 0 N–H and O–H groups in total. The van der Waals surface area contributed by atoms with Gasteiger partial charge in [0.2, 0.25) is 0 Å². The Balaban J connectivity index is 1.78. The maximum Gasteiger partial charge on any atom is 0.167 e. The third-order valence-electron chi connectivity index (χ3n) is 4.07. The van der Waals surface area contributed by atoms with Crippen LogP contribution < -0.4 is 0 Å². The Morgan fingerprint density at radius 1 is 1.42 bits per heavy atom. The largest absolute Gasteiger partial charge is 0.374 e. The Hall–Kier alpha value is -0.0700. The Labute approximate surface area is 131 Å². The summed E-state index contributed by atoms with van der Waals surface area (Å²) in [5, 5.41) is 0. The zero-order valence-corrected chi connectivity index (χ0v) is 13.7. The summed E-state index contributed by atoms with van der Waals surface area (Å²) in [5.41, 5.74) is 0.875. The zero-order chi connectivity index (χ0) is 13.3. The van der Waals surface area contributed by atoms with Crippen molar-refractivity contribution in [3.8, 4) is 0 Å². The van der Waals surface area contributed by atoms with E-state index in [4.69, 9.17) is 4.74 Å². The minimum Gasteiger partial charge on any atom is -0.374 e. The van der Waals surface area contributed by atoms with Crippen LogP contribution in [0.25, 0.3) is 0 Å². The molecule has 0 bridgehead atoms. The van der Waals surface area contributed by atoms with Gasteiger partial charge in [0.1, 0.15) is 0 Å². The van der Waals surface area contributed by atoms with Crippen molar-refractivity contribution in [3.05, 3.63) is 33.4 Å². The maximum atomic E-state index is 12.7. The number of ketones is 1. The van der Waals surface area contributed by atoms with E-state index in [0.717, 1.165) is 40.8 Å². The number of Topliss-reactive ketones (excluding diaryl/α,β-unsaturated/α-hetero) is 1. The summed E-state index contributed by atoms with van der Waals surface area (Å²) in [6.07, 6.45) is 2.88. The number of halogens is 1. The van der Waals surface area contributed by atoms with E-state index >= 15 is 0 Å². The molecule has 2 aliphatic rings. The molecule has 4 heteroatoms. The third kappa shape index (κ3) is 2.85. The minimum atomic E-state index is -0.0105. The van der Waals surface area contributed by atoms with E-state index in [2.05, 4.69) is 22.6 Å². The van der Waals surface area contributed by atoms with Crippen molar-refractivity contribution in [2.75, 3.05) is 18.1 Å². The second kappa shape index (κ2) is 5.74. The molecule has 0 aliphatic carbocycles. The Bertz CT molecular complexity index is 483. The third-order valence-corrected chi connectivity index (χ3v) is 6.23. The van der Waals surface area contributed by atoms with Gasteiger partial charge in [-0.05, 0) is 53.7 Å². The lowest BCUT2D eigenvalue weighted by Crippen LogP contribution is -2.42. The Kier molecular flexibility index (Phi) is 4.19. The second-order valence-corrected chi connectivity index (χ2v) is 7.64. The van der Waals surface area contributed by atoms with Gasteiger partial charge in [-0.25, -0.2) is 0 Å². The van der Waals surface area contributed by atoms with Crippen LogP contribution in [0.2, 0.25) is 0 Å². The molecule has 2 aliphatic heterocycles. The first-order valence-electron chi connectivity index (χ1n) is 6.71. The number of carbonyl (C=O) groups is 1. The molecule has 2 unspecified atom stereocenters. The number of hydrogen-bond acceptors (Lipinski definition) is 3. The average molecular weight is 388 g/mol. The first-order chi connectivity index (χ1) is 9.20. The fourth-order valence-electron chi connectivity index (χ4n) is 3.00. The Morgan fingerprint density at radius 2 is 2.26 bits per heavy atom. The number of rotatable bonds is 2. The predicted molar refractivity (Wildman–Crippen MR) is 86.8 cm³/mol. The first kappa shape index (κ1) is 13.9. The minimum absolute atomic E-state index is 0.0105. The van der Waals surface area contributed by atoms with Crippen molar-refractivity contribution in [2.45, 2.75) is 24.9 Å². The summed E-state index contributed by atoms with van der Waals surface area (Å²) in [4.78, 5) is 12.7. The van der Waals surface area contributed by atoms with E-state index < -0.39 is 0 Å². The van der Waals surface area contributed by atoms with Crippen LogP contribution in [-0.4, -0.2) is 29.5 Å². The molecule has 2 nitrogen and oxygen atoms in total. The van der Waals surface area contributed by atoms with Crippen LogP contribution in [0.4, 0.5) is 0 Å². The molecule has 2 atom stereocenters. The van der Waals surface area contributed by atoms with E-state index in [-0.39, 0.29) is 11.5 Å². The summed E-state index contributed by atoms with van der Waals surface area (Å²) in [7, 11) is 0. The fraction of sp³-hybridized carbons (Fsp3) is 0.533. The van der Waals surface area contributed by atoms with Crippen LogP contribution in [0, 0.1) is 9.49 Å². The molecular weight excluding hydrogens is 371 g/mol. The summed E-state index contributed by atoms with van der Waals surface area (Å²) >= 11 is 4.21. The fourth-order valence-corrected chi connectivity index (χ4v) is 5.03. The predicted octanol–water partition coefficient (Wildman–Crippen LogP) is 3.78. The molecule has 0 aromatic heterocycles. The van der Waals surface area contributed by atoms with Crippen LogP contribution in [0.1, 0.15) is 29.6 Å². The van der Waals surface area contributed by atoms with Crippen LogP contribution in [-0.2, 0) is 4.74 Å². The molecule has 2 heterocycles. The van der Waals surface area contributed by atoms with Gasteiger partial charge in [-0.3, -0.25) is 4.79 Å². The van der Waals surface area contributed by atoms with Gasteiger partial charge in [-0.1, -0.05) is 18.2 Å². The maximum absolute atomic E-state index is 12.7. The number of benzene rings is 1. The SMILES string of the molecule is O=C(c1ccccc1I)C1CCOC2(CCSC2)C1. The molecular formula is C15H17IO2S. The highest BCUT2D eigenvalue weighted by Crippen LogP contribution is 2.41. The normalized spacial score (nSPS) is 30.7. The van der Waals surface area contributed by atoms with Gasteiger partial charge in [0.25, 0.3) is 0 Å². The summed E-state index contributed by atoms with van der Waals surface area (Å²) in [6.45, 7) is 0.736. The van der Waals surface area contributed by atoms with E-state index in [1.165, 1.54) is 5.75 Å². The molecule has 2 fully saturated rings. The van der Waals surface area contributed by atoms with Crippen molar-refractivity contribution in [1.29, 1.82) is 0 Å². The number of hydrogen-bond donors (Lipinski definition) is 0. The van der Waals surface area contributed by atoms with Crippen molar-refractivity contribution >= 4 is 40.1 Å². The molecule has 0 amide bonds. The van der Waals surface area contributed by atoms with E-state index in [1.807, 2.05) is 36.0 Å². The van der Waals surface area contributed by atoms with Gasteiger partial charge in [-0.15, -0.1) is 0 Å². The molecule has 1 aromatic rings. The van der Waals surface area contributed by atoms with Crippen molar-refractivity contribution < 1.29 is 9.53 Å². The molecule has 1 aromatic carbocycles. The summed E-state index contributed by atoms with van der Waals surface area (Å²) in [5.74, 6) is 2.68. The molecule has 0 saturated carbocycles. The van der Waals surface area contributed by atoms with E-state index in [1.54, 1.807) is 0 Å². The molecule has 102 valence electrons. The lowest BCUT2D eigenvalue weighted by molar-refractivity contribution is -0.0734. The highest BCUT2D eigenvalue weighted by atomic mass is 127. The van der Waals surface area contributed by atoms with Gasteiger partial charge in [-0.2, -0.15) is 11.8 Å². The van der Waals surface area contributed by atoms with Gasteiger partial charge < -0.3 is 4.74 Å². The zero-order valence-electron chi connectivity index (χ0n) is 10.7. The van der Waals surface area contributed by atoms with Crippen LogP contribution >= 0.6 is 34.4 Å². The lowest BCUT2D eigenvalue weighted by atomic mass is 9.81. The average Bonchev–Trinajstić information content (AvgIpc) is 2.86. The quantitative estimate of drug-likeness (QED) is 0.570. The van der Waals surface area contributed by atoms with Gasteiger partial charge in [0, 0.05) is 27.4 Å². The van der Waals surface area contributed by atoms with Crippen molar-refractivity contribution in [3.63, 3.8) is 0 Å². The van der Waals surface area contributed by atoms with Gasteiger partial charge >= 0.3 is 0 Å². The smallest absolute Gasteiger partial charge is 0.167 e. The lowest BCUT2D eigenvalue weighted by Gasteiger charge is -2.37. The molecule has 3 rings (SSSR count). The molecule has 1 spiro atoms. The summed E-state index contributed by atoms with van der Waals surface area (Å²) < 4.78 is 7.06. The van der Waals surface area contributed by atoms with Crippen LogP contribution in [0.15, 0.2) is 24.3 Å².